The Morgan fingerprint density at radius 1 is 1.26 bits per heavy atom. The highest BCUT2D eigenvalue weighted by Crippen LogP contribution is 2.27. The molecule has 4 heteroatoms. The average molecular weight is 267 g/mol. The molecule has 0 aromatic carbocycles. The molecule has 1 saturated carbocycles. The fourth-order valence-corrected chi connectivity index (χ4v) is 3.65. The van der Waals surface area contributed by atoms with Crippen LogP contribution in [0.2, 0.25) is 0 Å². The maximum absolute atomic E-state index is 12.0. The van der Waals surface area contributed by atoms with Crippen molar-refractivity contribution in [1.82, 2.24) is 10.2 Å². The van der Waals surface area contributed by atoms with Crippen LogP contribution in [0, 0.1) is 0 Å². The molecule has 0 radical (unpaired) electrons. The molecule has 0 bridgehead atoms. The molecule has 0 aromatic rings. The van der Waals surface area contributed by atoms with E-state index in [-0.39, 0.29) is 5.91 Å². The lowest BCUT2D eigenvalue weighted by atomic mass is 9.88. The predicted molar refractivity (Wildman–Crippen MR) is 77.9 cm³/mol. The number of primary amides is 1. The number of hydrogen-bond acceptors (Lipinski definition) is 3. The van der Waals surface area contributed by atoms with Crippen LogP contribution in [0.5, 0.6) is 0 Å². The van der Waals surface area contributed by atoms with Gasteiger partial charge in [0.05, 0.1) is 5.54 Å². The second-order valence-electron chi connectivity index (χ2n) is 6.27. The van der Waals surface area contributed by atoms with Gasteiger partial charge in [0.15, 0.2) is 0 Å². The summed E-state index contributed by atoms with van der Waals surface area (Å²) >= 11 is 0. The van der Waals surface area contributed by atoms with Gasteiger partial charge in [-0.3, -0.25) is 4.79 Å². The molecule has 2 fully saturated rings. The van der Waals surface area contributed by atoms with Gasteiger partial charge in [0.1, 0.15) is 0 Å². The van der Waals surface area contributed by atoms with E-state index in [1.165, 1.54) is 32.1 Å². The lowest BCUT2D eigenvalue weighted by Crippen LogP contribution is -2.58. The Morgan fingerprint density at radius 2 is 2.00 bits per heavy atom. The number of rotatable bonds is 5. The molecule has 2 aliphatic rings. The first-order chi connectivity index (χ1) is 9.16. The van der Waals surface area contributed by atoms with E-state index in [0.717, 1.165) is 38.9 Å². The molecular formula is C15H29N3O. The molecule has 4 nitrogen and oxygen atoms in total. The van der Waals surface area contributed by atoms with Crippen LogP contribution in [0.25, 0.3) is 0 Å². The number of amides is 1. The number of carbonyl (C=O) groups excluding carboxylic acids is 1. The standard InChI is InChI=1S/C15H29N3O/c1-2-10-18-11-5-8-15(9-12-18,14(16)19)17-13-6-3-4-7-13/h13,17H,2-12H2,1H3,(H2,16,19). The summed E-state index contributed by atoms with van der Waals surface area (Å²) in [6, 6.07) is 0.505. The third-order valence-corrected chi connectivity index (χ3v) is 4.78. The summed E-state index contributed by atoms with van der Waals surface area (Å²) in [5.74, 6) is -0.141. The van der Waals surface area contributed by atoms with Crippen molar-refractivity contribution in [3.63, 3.8) is 0 Å². The summed E-state index contributed by atoms with van der Waals surface area (Å²) in [7, 11) is 0. The van der Waals surface area contributed by atoms with Crippen LogP contribution >= 0.6 is 0 Å². The van der Waals surface area contributed by atoms with Gasteiger partial charge < -0.3 is 16.0 Å². The molecular weight excluding hydrogens is 238 g/mol. The van der Waals surface area contributed by atoms with E-state index < -0.39 is 5.54 Å². The Hall–Kier alpha value is -0.610. The fourth-order valence-electron chi connectivity index (χ4n) is 3.65. The Kier molecular flexibility index (Phi) is 5.22. The summed E-state index contributed by atoms with van der Waals surface area (Å²) in [4.78, 5) is 14.5. The van der Waals surface area contributed by atoms with E-state index in [1.54, 1.807) is 0 Å². The molecule has 110 valence electrons. The molecule has 1 amide bonds. The lowest BCUT2D eigenvalue weighted by Gasteiger charge is -2.34. The lowest BCUT2D eigenvalue weighted by molar-refractivity contribution is -0.125. The van der Waals surface area contributed by atoms with Crippen LogP contribution in [0.1, 0.15) is 58.3 Å². The third kappa shape index (κ3) is 3.69. The van der Waals surface area contributed by atoms with Gasteiger partial charge in [0.25, 0.3) is 0 Å². The molecule has 0 aromatic heterocycles. The highest BCUT2D eigenvalue weighted by molar-refractivity contribution is 5.84. The molecule has 1 atom stereocenters. The molecule has 19 heavy (non-hydrogen) atoms. The van der Waals surface area contributed by atoms with Crippen LogP contribution in [-0.4, -0.2) is 42.0 Å². The van der Waals surface area contributed by atoms with Crippen molar-refractivity contribution in [2.75, 3.05) is 19.6 Å². The number of carbonyl (C=O) groups is 1. The summed E-state index contributed by atoms with van der Waals surface area (Å²) < 4.78 is 0. The minimum Gasteiger partial charge on any atom is -0.368 e. The van der Waals surface area contributed by atoms with Crippen LogP contribution in [0.4, 0.5) is 0 Å². The van der Waals surface area contributed by atoms with E-state index in [0.29, 0.717) is 6.04 Å². The first-order valence-corrected chi connectivity index (χ1v) is 7.96. The molecule has 1 saturated heterocycles. The van der Waals surface area contributed by atoms with E-state index in [4.69, 9.17) is 5.73 Å². The summed E-state index contributed by atoms with van der Waals surface area (Å²) in [5.41, 5.74) is 5.30. The zero-order valence-electron chi connectivity index (χ0n) is 12.3. The predicted octanol–water partition coefficient (Wildman–Crippen LogP) is 1.64. The quantitative estimate of drug-likeness (QED) is 0.796. The van der Waals surface area contributed by atoms with E-state index in [1.807, 2.05) is 0 Å². The SMILES string of the molecule is CCCN1CCCC(NC2CCCC2)(C(N)=O)CC1. The van der Waals surface area contributed by atoms with Crippen molar-refractivity contribution in [1.29, 1.82) is 0 Å². The maximum Gasteiger partial charge on any atom is 0.237 e. The molecule has 3 N–H and O–H groups in total. The van der Waals surface area contributed by atoms with Crippen molar-refractivity contribution < 1.29 is 4.79 Å². The van der Waals surface area contributed by atoms with Gasteiger partial charge in [0.2, 0.25) is 5.91 Å². The Labute approximate surface area is 117 Å². The largest absolute Gasteiger partial charge is 0.368 e. The molecule has 2 rings (SSSR count). The molecule has 1 aliphatic heterocycles. The number of hydrogen-bond donors (Lipinski definition) is 2. The maximum atomic E-state index is 12.0. The van der Waals surface area contributed by atoms with Gasteiger partial charge >= 0.3 is 0 Å². The van der Waals surface area contributed by atoms with Crippen molar-refractivity contribution >= 4 is 5.91 Å². The van der Waals surface area contributed by atoms with E-state index in [9.17, 15) is 4.79 Å². The van der Waals surface area contributed by atoms with E-state index >= 15 is 0 Å². The summed E-state index contributed by atoms with van der Waals surface area (Å²) in [5, 5.41) is 3.63. The molecule has 1 heterocycles. The van der Waals surface area contributed by atoms with Gasteiger partial charge in [-0.05, 0) is 51.6 Å². The fraction of sp³-hybridized carbons (Fsp3) is 0.933. The van der Waals surface area contributed by atoms with Crippen LogP contribution in [-0.2, 0) is 4.79 Å². The Bertz CT molecular complexity index is 302. The van der Waals surface area contributed by atoms with E-state index in [2.05, 4.69) is 17.1 Å². The van der Waals surface area contributed by atoms with Crippen molar-refractivity contribution in [3.8, 4) is 0 Å². The zero-order chi connectivity index (χ0) is 13.7. The van der Waals surface area contributed by atoms with Crippen molar-refractivity contribution in [2.45, 2.75) is 69.9 Å². The first-order valence-electron chi connectivity index (χ1n) is 7.96. The van der Waals surface area contributed by atoms with Crippen molar-refractivity contribution in [3.05, 3.63) is 0 Å². The van der Waals surface area contributed by atoms with Gasteiger partial charge in [-0.15, -0.1) is 0 Å². The molecule has 1 aliphatic carbocycles. The zero-order valence-corrected chi connectivity index (χ0v) is 12.3. The minimum atomic E-state index is -0.447. The smallest absolute Gasteiger partial charge is 0.237 e. The monoisotopic (exact) mass is 267 g/mol. The second-order valence-corrected chi connectivity index (χ2v) is 6.27. The van der Waals surface area contributed by atoms with Crippen molar-refractivity contribution in [2.24, 2.45) is 5.73 Å². The van der Waals surface area contributed by atoms with Gasteiger partial charge in [-0.25, -0.2) is 0 Å². The highest BCUT2D eigenvalue weighted by atomic mass is 16.1. The summed E-state index contributed by atoms with van der Waals surface area (Å²) in [6.07, 6.45) is 9.00. The minimum absolute atomic E-state index is 0.141. The highest BCUT2D eigenvalue weighted by Gasteiger charge is 2.39. The van der Waals surface area contributed by atoms with Gasteiger partial charge in [-0.2, -0.15) is 0 Å². The first kappa shape index (κ1) is 14.8. The average Bonchev–Trinajstić information content (AvgIpc) is 2.79. The Balaban J connectivity index is 1.99. The number of nitrogens with two attached hydrogens (primary N) is 1. The normalized spacial score (nSPS) is 30.4. The molecule has 1 unspecified atom stereocenters. The van der Waals surface area contributed by atoms with Gasteiger partial charge in [-0.1, -0.05) is 19.8 Å². The number of nitrogens with zero attached hydrogens (tertiary/aromatic N) is 1. The number of likely N-dealkylation sites (tertiary alicyclic amines) is 1. The second kappa shape index (κ2) is 6.71. The van der Waals surface area contributed by atoms with Crippen LogP contribution in [0.15, 0.2) is 0 Å². The third-order valence-electron chi connectivity index (χ3n) is 4.78. The van der Waals surface area contributed by atoms with Crippen LogP contribution < -0.4 is 11.1 Å². The number of nitrogens with one attached hydrogen (secondary N) is 1. The van der Waals surface area contributed by atoms with Crippen LogP contribution in [0.3, 0.4) is 0 Å². The summed E-state index contributed by atoms with van der Waals surface area (Å²) in [6.45, 7) is 5.45. The molecule has 0 spiro atoms. The topological polar surface area (TPSA) is 58.4 Å². The Morgan fingerprint density at radius 3 is 2.63 bits per heavy atom. The van der Waals surface area contributed by atoms with Gasteiger partial charge in [0, 0.05) is 12.6 Å².